The van der Waals surface area contributed by atoms with Crippen LogP contribution < -0.4 is 5.32 Å². The van der Waals surface area contributed by atoms with Gasteiger partial charge in [-0.1, -0.05) is 11.6 Å². The molecular weight excluding hydrogens is 292 g/mol. The number of aromatic nitrogens is 1. The Morgan fingerprint density at radius 1 is 1.33 bits per heavy atom. The van der Waals surface area contributed by atoms with E-state index in [1.807, 2.05) is 9.80 Å². The Kier molecular flexibility index (Phi) is 3.96. The fourth-order valence-electron chi connectivity index (χ4n) is 2.93. The number of urea groups is 1. The Balaban J connectivity index is 1.60. The predicted octanol–water partition coefficient (Wildman–Crippen LogP) is 1.36. The quantitative estimate of drug-likeness (QED) is 0.839. The number of piperidine rings is 1. The lowest BCUT2D eigenvalue weighted by molar-refractivity contribution is 0.0666. The summed E-state index contributed by atoms with van der Waals surface area (Å²) in [6.07, 6.45) is 3.17. The standard InChI is InChI=1S/C14H17ClN4O2/c15-12-9-10(1-4-16-12)13(20)18-6-2-11(3-7-18)19-8-5-17-14(19)21/h1,4,9,11H,2-3,5-8H2,(H,17,21). The monoisotopic (exact) mass is 308 g/mol. The van der Waals surface area contributed by atoms with Gasteiger partial charge in [-0.05, 0) is 25.0 Å². The minimum Gasteiger partial charge on any atom is -0.338 e. The molecule has 2 aliphatic rings. The Bertz CT molecular complexity index is 558. The Morgan fingerprint density at radius 3 is 2.71 bits per heavy atom. The van der Waals surface area contributed by atoms with Crippen LogP contribution in [0.2, 0.25) is 5.15 Å². The molecule has 3 heterocycles. The normalized spacial score (nSPS) is 19.8. The summed E-state index contributed by atoms with van der Waals surface area (Å²) in [4.78, 5) is 31.6. The first-order valence-electron chi connectivity index (χ1n) is 7.10. The van der Waals surface area contributed by atoms with Crippen molar-refractivity contribution in [1.29, 1.82) is 0 Å². The summed E-state index contributed by atoms with van der Waals surface area (Å²) in [7, 11) is 0. The van der Waals surface area contributed by atoms with Crippen molar-refractivity contribution < 1.29 is 9.59 Å². The summed E-state index contributed by atoms with van der Waals surface area (Å²) in [5.74, 6) is -0.0244. The molecule has 1 aromatic heterocycles. The largest absolute Gasteiger partial charge is 0.338 e. The second-order valence-electron chi connectivity index (χ2n) is 5.32. The molecule has 112 valence electrons. The fraction of sp³-hybridized carbons (Fsp3) is 0.500. The molecule has 1 N–H and O–H groups in total. The SMILES string of the molecule is O=C(c1ccnc(Cl)c1)N1CCC(N2CCNC2=O)CC1. The first kappa shape index (κ1) is 14.1. The van der Waals surface area contributed by atoms with Crippen LogP contribution in [0.3, 0.4) is 0 Å². The highest BCUT2D eigenvalue weighted by molar-refractivity contribution is 6.29. The van der Waals surface area contributed by atoms with Crippen molar-refractivity contribution in [1.82, 2.24) is 20.1 Å². The Hall–Kier alpha value is -1.82. The van der Waals surface area contributed by atoms with Gasteiger partial charge in [0.25, 0.3) is 5.91 Å². The minimum atomic E-state index is -0.0244. The highest BCUT2D eigenvalue weighted by Gasteiger charge is 2.32. The predicted molar refractivity (Wildman–Crippen MR) is 78.3 cm³/mol. The van der Waals surface area contributed by atoms with Crippen LogP contribution in [0.5, 0.6) is 0 Å². The van der Waals surface area contributed by atoms with Gasteiger partial charge in [-0.15, -0.1) is 0 Å². The molecule has 6 nitrogen and oxygen atoms in total. The summed E-state index contributed by atoms with van der Waals surface area (Å²) < 4.78 is 0. The molecule has 1 aromatic rings. The van der Waals surface area contributed by atoms with E-state index in [-0.39, 0.29) is 18.0 Å². The van der Waals surface area contributed by atoms with Gasteiger partial charge in [-0.2, -0.15) is 0 Å². The highest BCUT2D eigenvalue weighted by atomic mass is 35.5. The molecule has 0 unspecified atom stereocenters. The molecular formula is C14H17ClN4O2. The Morgan fingerprint density at radius 2 is 2.10 bits per heavy atom. The number of hydrogen-bond donors (Lipinski definition) is 1. The van der Waals surface area contributed by atoms with Gasteiger partial charge < -0.3 is 15.1 Å². The third kappa shape index (κ3) is 2.95. The van der Waals surface area contributed by atoms with Crippen molar-refractivity contribution >= 4 is 23.5 Å². The van der Waals surface area contributed by atoms with Crippen molar-refractivity contribution in [2.24, 2.45) is 0 Å². The second kappa shape index (κ2) is 5.89. The zero-order chi connectivity index (χ0) is 14.8. The van der Waals surface area contributed by atoms with E-state index in [1.165, 1.54) is 6.20 Å². The average molecular weight is 309 g/mol. The number of pyridine rings is 1. The second-order valence-corrected chi connectivity index (χ2v) is 5.70. The third-order valence-corrected chi connectivity index (χ3v) is 4.26. The number of amides is 3. The maximum absolute atomic E-state index is 12.4. The summed E-state index contributed by atoms with van der Waals surface area (Å²) in [5, 5.41) is 3.14. The van der Waals surface area contributed by atoms with Crippen LogP contribution in [0.4, 0.5) is 4.79 Å². The molecule has 3 rings (SSSR count). The van der Waals surface area contributed by atoms with Crippen LogP contribution in [-0.2, 0) is 0 Å². The molecule has 0 aliphatic carbocycles. The zero-order valence-electron chi connectivity index (χ0n) is 11.6. The number of nitrogens with zero attached hydrogens (tertiary/aromatic N) is 3. The van der Waals surface area contributed by atoms with Gasteiger partial charge in [0.2, 0.25) is 0 Å². The van der Waals surface area contributed by atoms with E-state index in [4.69, 9.17) is 11.6 Å². The number of rotatable bonds is 2. The molecule has 0 bridgehead atoms. The van der Waals surface area contributed by atoms with Crippen molar-refractivity contribution in [2.45, 2.75) is 18.9 Å². The van der Waals surface area contributed by atoms with E-state index in [0.717, 1.165) is 19.4 Å². The van der Waals surface area contributed by atoms with E-state index >= 15 is 0 Å². The summed E-state index contributed by atoms with van der Waals surface area (Å²) >= 11 is 5.82. The molecule has 2 aliphatic heterocycles. The maximum atomic E-state index is 12.4. The molecule has 3 amide bonds. The Labute approximate surface area is 128 Å². The van der Waals surface area contributed by atoms with Crippen LogP contribution in [-0.4, -0.2) is 58.9 Å². The summed E-state index contributed by atoms with van der Waals surface area (Å²) in [6.45, 7) is 2.80. The van der Waals surface area contributed by atoms with Crippen LogP contribution in [0.15, 0.2) is 18.3 Å². The summed E-state index contributed by atoms with van der Waals surface area (Å²) in [5.41, 5.74) is 0.562. The van der Waals surface area contributed by atoms with E-state index in [2.05, 4.69) is 10.3 Å². The number of hydrogen-bond acceptors (Lipinski definition) is 3. The molecule has 0 aromatic carbocycles. The number of carbonyl (C=O) groups is 2. The smallest absolute Gasteiger partial charge is 0.317 e. The first-order chi connectivity index (χ1) is 10.1. The van der Waals surface area contributed by atoms with Crippen molar-refractivity contribution in [2.75, 3.05) is 26.2 Å². The van der Waals surface area contributed by atoms with Crippen LogP contribution in [0.1, 0.15) is 23.2 Å². The lowest BCUT2D eigenvalue weighted by Gasteiger charge is -2.36. The van der Waals surface area contributed by atoms with E-state index in [1.54, 1.807) is 12.1 Å². The van der Waals surface area contributed by atoms with Crippen molar-refractivity contribution in [3.63, 3.8) is 0 Å². The number of nitrogens with one attached hydrogen (secondary N) is 1. The highest BCUT2D eigenvalue weighted by Crippen LogP contribution is 2.20. The number of halogens is 1. The van der Waals surface area contributed by atoms with E-state index in [0.29, 0.717) is 30.4 Å². The molecule has 0 saturated carbocycles. The van der Waals surface area contributed by atoms with Crippen LogP contribution >= 0.6 is 11.6 Å². The summed E-state index contributed by atoms with van der Waals surface area (Å²) in [6, 6.07) is 3.51. The molecule has 0 atom stereocenters. The molecule has 0 spiro atoms. The molecule has 2 saturated heterocycles. The fourth-order valence-corrected chi connectivity index (χ4v) is 3.11. The lowest BCUT2D eigenvalue weighted by atomic mass is 10.0. The number of likely N-dealkylation sites (tertiary alicyclic amines) is 1. The molecule has 21 heavy (non-hydrogen) atoms. The molecule has 0 radical (unpaired) electrons. The topological polar surface area (TPSA) is 65.5 Å². The van der Waals surface area contributed by atoms with Crippen LogP contribution in [0, 0.1) is 0 Å². The van der Waals surface area contributed by atoms with E-state index < -0.39 is 0 Å². The van der Waals surface area contributed by atoms with Crippen LogP contribution in [0.25, 0.3) is 0 Å². The zero-order valence-corrected chi connectivity index (χ0v) is 12.3. The van der Waals surface area contributed by atoms with Crippen molar-refractivity contribution in [3.05, 3.63) is 29.0 Å². The van der Waals surface area contributed by atoms with Gasteiger partial charge in [0.1, 0.15) is 5.15 Å². The van der Waals surface area contributed by atoms with Gasteiger partial charge in [-0.3, -0.25) is 4.79 Å². The first-order valence-corrected chi connectivity index (χ1v) is 7.48. The van der Waals surface area contributed by atoms with Crippen molar-refractivity contribution in [3.8, 4) is 0 Å². The van der Waals surface area contributed by atoms with E-state index in [9.17, 15) is 9.59 Å². The maximum Gasteiger partial charge on any atom is 0.317 e. The molecule has 2 fully saturated rings. The van der Waals surface area contributed by atoms with Gasteiger partial charge in [0.15, 0.2) is 0 Å². The van der Waals surface area contributed by atoms with Gasteiger partial charge in [0.05, 0.1) is 0 Å². The third-order valence-electron chi connectivity index (χ3n) is 4.06. The average Bonchev–Trinajstić information content (AvgIpc) is 2.93. The minimum absolute atomic E-state index is 0.0145. The van der Waals surface area contributed by atoms with Gasteiger partial charge >= 0.3 is 6.03 Å². The van der Waals surface area contributed by atoms with Gasteiger partial charge in [0, 0.05) is 44.0 Å². The molecule has 7 heteroatoms. The van der Waals surface area contributed by atoms with Gasteiger partial charge in [-0.25, -0.2) is 9.78 Å². The lowest BCUT2D eigenvalue weighted by Crippen LogP contribution is -2.47. The number of carbonyl (C=O) groups excluding carboxylic acids is 2.